The lowest BCUT2D eigenvalue weighted by Crippen LogP contribution is -2.40. The van der Waals surface area contributed by atoms with Crippen molar-refractivity contribution in [3.63, 3.8) is 0 Å². The van der Waals surface area contributed by atoms with Crippen LogP contribution in [0, 0.1) is 0 Å². The molecule has 5 heteroatoms. The summed E-state index contributed by atoms with van der Waals surface area (Å²) in [6, 6.07) is 3.01. The molecule has 94 valence electrons. The van der Waals surface area contributed by atoms with Crippen LogP contribution in [0.25, 0.3) is 0 Å². The molecule has 17 heavy (non-hydrogen) atoms. The van der Waals surface area contributed by atoms with Crippen molar-refractivity contribution in [3.8, 4) is 0 Å². The van der Waals surface area contributed by atoms with Crippen LogP contribution in [-0.2, 0) is 0 Å². The lowest BCUT2D eigenvalue weighted by molar-refractivity contribution is 0.0672. The van der Waals surface area contributed by atoms with E-state index in [0.717, 1.165) is 12.8 Å². The third-order valence-electron chi connectivity index (χ3n) is 2.88. The van der Waals surface area contributed by atoms with E-state index in [9.17, 15) is 9.59 Å². The Labute approximate surface area is 101 Å². The number of carbonyl (C=O) groups excluding carboxylic acids is 1. The largest absolute Gasteiger partial charge is 0.335 e. The zero-order chi connectivity index (χ0) is 12.8. The van der Waals surface area contributed by atoms with Gasteiger partial charge in [0.25, 0.3) is 11.5 Å². The molecule has 0 unspecified atom stereocenters. The monoisotopic (exact) mass is 237 g/mol. The summed E-state index contributed by atoms with van der Waals surface area (Å²) in [4.78, 5) is 24.9. The van der Waals surface area contributed by atoms with Gasteiger partial charge in [-0.15, -0.1) is 0 Å². The van der Waals surface area contributed by atoms with Crippen molar-refractivity contribution in [1.82, 2.24) is 15.1 Å². The number of aromatic nitrogens is 2. The highest BCUT2D eigenvalue weighted by molar-refractivity contribution is 5.92. The quantitative estimate of drug-likeness (QED) is 0.842. The number of H-pyrrole nitrogens is 1. The maximum Gasteiger partial charge on any atom is 0.274 e. The van der Waals surface area contributed by atoms with Crippen molar-refractivity contribution in [2.75, 3.05) is 6.54 Å². The van der Waals surface area contributed by atoms with Gasteiger partial charge in [-0.05, 0) is 25.8 Å². The maximum atomic E-state index is 12.2. The highest BCUT2D eigenvalue weighted by Crippen LogP contribution is 2.11. The number of rotatable bonds is 5. The summed E-state index contributed by atoms with van der Waals surface area (Å²) in [6.45, 7) is 6.71. The molecule has 0 bridgehead atoms. The number of aromatic amines is 1. The van der Waals surface area contributed by atoms with Crippen molar-refractivity contribution in [2.24, 2.45) is 0 Å². The molecule has 0 aliphatic carbocycles. The number of carbonyl (C=O) groups is 1. The number of nitrogens with zero attached hydrogens (tertiary/aromatic N) is 2. The van der Waals surface area contributed by atoms with E-state index in [1.807, 2.05) is 6.92 Å². The Balaban J connectivity index is 2.93. The second-order valence-corrected chi connectivity index (χ2v) is 3.87. The molecule has 0 saturated carbocycles. The minimum absolute atomic E-state index is 0.127. The standard InChI is InChI=1S/C12H19N3O2/c1-4-9(5-2)15(6-3)12(17)10-7-8-11(16)14-13-10/h7-9H,4-6H2,1-3H3,(H,14,16). The minimum Gasteiger partial charge on any atom is -0.335 e. The van der Waals surface area contributed by atoms with Crippen molar-refractivity contribution in [2.45, 2.75) is 39.7 Å². The molecule has 1 heterocycles. The predicted octanol–water partition coefficient (Wildman–Crippen LogP) is 1.42. The summed E-state index contributed by atoms with van der Waals surface area (Å²) in [6.07, 6.45) is 1.83. The molecule has 0 atom stereocenters. The van der Waals surface area contributed by atoms with Crippen LogP contribution in [0.1, 0.15) is 44.1 Å². The molecule has 1 aromatic rings. The van der Waals surface area contributed by atoms with Gasteiger partial charge in [0.2, 0.25) is 0 Å². The van der Waals surface area contributed by atoms with E-state index in [1.165, 1.54) is 12.1 Å². The molecule has 1 rings (SSSR count). The molecule has 1 aromatic heterocycles. The molecule has 0 radical (unpaired) electrons. The molecular weight excluding hydrogens is 218 g/mol. The number of hydrogen-bond acceptors (Lipinski definition) is 3. The van der Waals surface area contributed by atoms with Gasteiger partial charge >= 0.3 is 0 Å². The van der Waals surface area contributed by atoms with E-state index in [4.69, 9.17) is 0 Å². The van der Waals surface area contributed by atoms with Gasteiger partial charge in [-0.25, -0.2) is 5.10 Å². The Bertz CT molecular complexity index is 404. The summed E-state index contributed by atoms with van der Waals surface area (Å²) in [7, 11) is 0. The summed E-state index contributed by atoms with van der Waals surface area (Å²) in [5, 5.41) is 6.05. The lowest BCUT2D eigenvalue weighted by Gasteiger charge is -2.28. The number of hydrogen-bond donors (Lipinski definition) is 1. The fourth-order valence-electron chi connectivity index (χ4n) is 1.91. The van der Waals surface area contributed by atoms with E-state index >= 15 is 0 Å². The molecule has 1 N–H and O–H groups in total. The Morgan fingerprint density at radius 1 is 1.35 bits per heavy atom. The third-order valence-corrected chi connectivity index (χ3v) is 2.88. The van der Waals surface area contributed by atoms with E-state index in [2.05, 4.69) is 24.0 Å². The van der Waals surface area contributed by atoms with Crippen LogP contribution < -0.4 is 5.56 Å². The summed E-state index contributed by atoms with van der Waals surface area (Å²) in [5.74, 6) is -0.127. The topological polar surface area (TPSA) is 66.1 Å². The van der Waals surface area contributed by atoms with E-state index in [-0.39, 0.29) is 17.5 Å². The first kappa shape index (κ1) is 13.4. The summed E-state index contributed by atoms with van der Waals surface area (Å²) >= 11 is 0. The minimum atomic E-state index is -0.299. The second kappa shape index (κ2) is 6.18. The van der Waals surface area contributed by atoms with Crippen LogP contribution in [0.3, 0.4) is 0 Å². The average Bonchev–Trinajstić information content (AvgIpc) is 2.36. The van der Waals surface area contributed by atoms with Gasteiger partial charge < -0.3 is 4.90 Å². The Morgan fingerprint density at radius 2 is 2.00 bits per heavy atom. The van der Waals surface area contributed by atoms with Crippen molar-refractivity contribution < 1.29 is 4.79 Å². The average molecular weight is 237 g/mol. The molecule has 0 aliphatic rings. The predicted molar refractivity (Wildman–Crippen MR) is 65.9 cm³/mol. The van der Waals surface area contributed by atoms with Crippen molar-refractivity contribution in [3.05, 3.63) is 28.2 Å². The van der Waals surface area contributed by atoms with Crippen LogP contribution >= 0.6 is 0 Å². The molecule has 5 nitrogen and oxygen atoms in total. The van der Waals surface area contributed by atoms with E-state index in [1.54, 1.807) is 4.90 Å². The fourth-order valence-corrected chi connectivity index (χ4v) is 1.91. The number of amides is 1. The van der Waals surface area contributed by atoms with E-state index < -0.39 is 0 Å². The van der Waals surface area contributed by atoms with Crippen LogP contribution in [-0.4, -0.2) is 33.6 Å². The van der Waals surface area contributed by atoms with E-state index in [0.29, 0.717) is 12.2 Å². The summed E-state index contributed by atoms with van der Waals surface area (Å²) in [5.41, 5.74) is -0.00881. The van der Waals surface area contributed by atoms with Gasteiger partial charge in [0.1, 0.15) is 5.69 Å². The zero-order valence-corrected chi connectivity index (χ0v) is 10.6. The lowest BCUT2D eigenvalue weighted by atomic mass is 10.1. The van der Waals surface area contributed by atoms with Gasteiger partial charge in [0.15, 0.2) is 0 Å². The molecule has 0 fully saturated rings. The van der Waals surface area contributed by atoms with Crippen LogP contribution in [0.2, 0.25) is 0 Å². The molecule has 0 spiro atoms. The Morgan fingerprint density at radius 3 is 2.41 bits per heavy atom. The smallest absolute Gasteiger partial charge is 0.274 e. The van der Waals surface area contributed by atoms with Gasteiger partial charge in [-0.3, -0.25) is 9.59 Å². The van der Waals surface area contributed by atoms with Crippen LogP contribution in [0.15, 0.2) is 16.9 Å². The Hall–Kier alpha value is -1.65. The molecule has 0 aliphatic heterocycles. The second-order valence-electron chi connectivity index (χ2n) is 3.87. The van der Waals surface area contributed by atoms with Gasteiger partial charge in [-0.2, -0.15) is 5.10 Å². The fraction of sp³-hybridized carbons (Fsp3) is 0.583. The van der Waals surface area contributed by atoms with Crippen molar-refractivity contribution in [1.29, 1.82) is 0 Å². The van der Waals surface area contributed by atoms with Gasteiger partial charge in [0.05, 0.1) is 0 Å². The molecule has 0 aromatic carbocycles. The number of nitrogens with one attached hydrogen (secondary N) is 1. The first-order chi connectivity index (χ1) is 8.13. The highest BCUT2D eigenvalue weighted by Gasteiger charge is 2.21. The first-order valence-corrected chi connectivity index (χ1v) is 6.00. The van der Waals surface area contributed by atoms with Crippen molar-refractivity contribution >= 4 is 5.91 Å². The highest BCUT2D eigenvalue weighted by atomic mass is 16.2. The maximum absolute atomic E-state index is 12.2. The Kier molecular flexibility index (Phi) is 4.87. The first-order valence-electron chi connectivity index (χ1n) is 6.00. The SMILES string of the molecule is CCC(CC)N(CC)C(=O)c1ccc(=O)[nH]n1. The summed E-state index contributed by atoms with van der Waals surface area (Å²) < 4.78 is 0. The zero-order valence-electron chi connectivity index (χ0n) is 10.6. The molecule has 0 saturated heterocycles. The van der Waals surface area contributed by atoms with Gasteiger partial charge in [0, 0.05) is 18.7 Å². The molecule has 1 amide bonds. The molecular formula is C12H19N3O2. The normalized spacial score (nSPS) is 10.6. The third kappa shape index (κ3) is 3.15. The van der Waals surface area contributed by atoms with Crippen LogP contribution in [0.5, 0.6) is 0 Å². The van der Waals surface area contributed by atoms with Gasteiger partial charge in [-0.1, -0.05) is 13.8 Å². The van der Waals surface area contributed by atoms with Crippen LogP contribution in [0.4, 0.5) is 0 Å².